The van der Waals surface area contributed by atoms with Crippen LogP contribution in [0.1, 0.15) is 6.42 Å². The van der Waals surface area contributed by atoms with Crippen LogP contribution in [0.5, 0.6) is 0 Å². The van der Waals surface area contributed by atoms with Crippen LogP contribution in [0.3, 0.4) is 0 Å². The van der Waals surface area contributed by atoms with Crippen LogP contribution in [0.4, 0.5) is 0 Å². The van der Waals surface area contributed by atoms with Crippen molar-refractivity contribution in [3.05, 3.63) is 6.92 Å². The molecule has 0 saturated carbocycles. The number of carbonyl (C=O) groups excluding carboxylic acids is 3. The molecule has 0 aromatic carbocycles. The summed E-state index contributed by atoms with van der Waals surface area (Å²) >= 11 is 0. The molecule has 91 valence electrons. The summed E-state index contributed by atoms with van der Waals surface area (Å²) in [7, 11) is 0. The minimum atomic E-state index is -1.45. The van der Waals surface area contributed by atoms with E-state index in [0.29, 0.717) is 13.0 Å². The molecule has 7 nitrogen and oxygen atoms in total. The Hall–Kier alpha value is -1.01. The molecule has 0 unspecified atom stereocenters. The Morgan fingerprint density at radius 2 is 1.53 bits per heavy atom. The van der Waals surface area contributed by atoms with Gasteiger partial charge in [-0.05, 0) is 6.42 Å². The maximum absolute atomic E-state index is 11.2. The first kappa shape index (κ1) is 18.4. The van der Waals surface area contributed by atoms with Crippen molar-refractivity contribution >= 4 is 17.8 Å². The van der Waals surface area contributed by atoms with E-state index >= 15 is 0 Å². The van der Waals surface area contributed by atoms with Crippen LogP contribution in [0, 0.1) is 6.92 Å². The molecule has 0 heterocycles. The Kier molecular flexibility index (Phi) is 11.0. The van der Waals surface area contributed by atoms with Crippen LogP contribution in [-0.4, -0.2) is 48.9 Å². The molecule has 0 fully saturated rings. The summed E-state index contributed by atoms with van der Waals surface area (Å²) < 4.78 is 0. The Balaban J connectivity index is 0. The zero-order valence-corrected chi connectivity index (χ0v) is 12.4. The fourth-order valence-electron chi connectivity index (χ4n) is 1.02. The van der Waals surface area contributed by atoms with Crippen molar-refractivity contribution in [3.8, 4) is 0 Å². The Bertz CT molecular complexity index is 256. The molecule has 0 aromatic heterocycles. The van der Waals surface area contributed by atoms with Gasteiger partial charge in [0.25, 0.3) is 0 Å². The second-order valence-corrected chi connectivity index (χ2v) is 3.09. The molecule has 0 bridgehead atoms. The summed E-state index contributed by atoms with van der Waals surface area (Å²) in [5, 5.41) is 23.0. The average Bonchev–Trinajstić information content (AvgIpc) is 2.12. The molecule has 0 aromatic rings. The Labute approximate surface area is 112 Å². The van der Waals surface area contributed by atoms with Crippen LogP contribution in [-0.2, 0) is 33.9 Å². The van der Waals surface area contributed by atoms with E-state index < -0.39 is 30.9 Å². The van der Waals surface area contributed by atoms with Crippen LogP contribution in [0.15, 0.2) is 0 Å². The van der Waals surface area contributed by atoms with E-state index in [1.54, 1.807) is 0 Å². The quantitative estimate of drug-likeness (QED) is 0.458. The van der Waals surface area contributed by atoms with Gasteiger partial charge in [0.05, 0.1) is 18.5 Å². The molecule has 0 aliphatic heterocycles. The van der Waals surface area contributed by atoms with Gasteiger partial charge >= 0.3 is 19.5 Å². The molecule has 17 heavy (non-hydrogen) atoms. The normalized spacial score (nSPS) is 9.53. The minimum Gasteiger partial charge on any atom is -0.549 e. The SMILES string of the molecule is [CH2]CCNC(=O)CN(CC(=O)[O-])CC(=O)[O-].[Zn+2]. The van der Waals surface area contributed by atoms with E-state index in [4.69, 9.17) is 0 Å². The van der Waals surface area contributed by atoms with Gasteiger partial charge in [0.1, 0.15) is 0 Å². The molecule has 1 N–H and O–H groups in total. The second kappa shape index (κ2) is 10.2. The summed E-state index contributed by atoms with van der Waals surface area (Å²) in [4.78, 5) is 32.6. The summed E-state index contributed by atoms with van der Waals surface area (Å²) in [6, 6.07) is 0. The van der Waals surface area contributed by atoms with Crippen LogP contribution < -0.4 is 15.5 Å². The van der Waals surface area contributed by atoms with Gasteiger partial charge in [-0.1, -0.05) is 6.92 Å². The van der Waals surface area contributed by atoms with E-state index in [2.05, 4.69) is 12.2 Å². The van der Waals surface area contributed by atoms with E-state index in [1.807, 2.05) is 0 Å². The summed E-state index contributed by atoms with van der Waals surface area (Å²) in [5.41, 5.74) is 0. The molecule has 0 rings (SSSR count). The molecule has 0 aliphatic carbocycles. The fourth-order valence-corrected chi connectivity index (χ4v) is 1.02. The molecular formula is C9H13N2O5Zn. The van der Waals surface area contributed by atoms with Crippen molar-refractivity contribution in [2.45, 2.75) is 6.42 Å². The molecule has 8 heteroatoms. The van der Waals surface area contributed by atoms with Gasteiger partial charge in [-0.3, -0.25) is 9.69 Å². The summed E-state index contributed by atoms with van der Waals surface area (Å²) in [5.74, 6) is -3.37. The third-order valence-electron chi connectivity index (χ3n) is 1.57. The Morgan fingerprint density at radius 3 is 1.88 bits per heavy atom. The number of rotatable bonds is 8. The molecule has 0 spiro atoms. The van der Waals surface area contributed by atoms with Crippen molar-refractivity contribution in [1.82, 2.24) is 10.2 Å². The first-order valence-corrected chi connectivity index (χ1v) is 4.63. The van der Waals surface area contributed by atoms with Gasteiger partial charge in [-0.25, -0.2) is 0 Å². The molecule has 0 aliphatic rings. The third-order valence-corrected chi connectivity index (χ3v) is 1.57. The number of carbonyl (C=O) groups is 3. The van der Waals surface area contributed by atoms with E-state index in [9.17, 15) is 24.6 Å². The monoisotopic (exact) mass is 293 g/mol. The number of carboxylic acids is 2. The number of amides is 1. The number of nitrogens with one attached hydrogen (secondary N) is 1. The van der Waals surface area contributed by atoms with Gasteiger partial charge in [-0.2, -0.15) is 0 Å². The molecule has 0 atom stereocenters. The standard InChI is InChI=1S/C9H15N2O5.Zn/c1-2-3-10-7(12)4-11(5-8(13)14)6-9(15)16;/h1-6H2,(H,10,12)(H,13,14)(H,15,16);/q;+2/p-2. The number of hydrogen-bond donors (Lipinski definition) is 1. The van der Waals surface area contributed by atoms with E-state index in [0.717, 1.165) is 4.90 Å². The fraction of sp³-hybridized carbons (Fsp3) is 0.556. The Morgan fingerprint density at radius 1 is 1.06 bits per heavy atom. The van der Waals surface area contributed by atoms with Crippen LogP contribution >= 0.6 is 0 Å². The molecule has 1 radical (unpaired) electrons. The number of hydrogen-bond acceptors (Lipinski definition) is 6. The van der Waals surface area contributed by atoms with Crippen molar-refractivity contribution < 1.29 is 44.1 Å². The minimum absolute atomic E-state index is 0. The van der Waals surface area contributed by atoms with Crippen LogP contribution in [0.2, 0.25) is 0 Å². The third kappa shape index (κ3) is 11.3. The van der Waals surface area contributed by atoms with Gasteiger partial charge < -0.3 is 25.1 Å². The predicted octanol–water partition coefficient (Wildman–Crippen LogP) is -3.87. The zero-order valence-electron chi connectivity index (χ0n) is 9.44. The van der Waals surface area contributed by atoms with Gasteiger partial charge in [0.2, 0.25) is 5.91 Å². The van der Waals surface area contributed by atoms with Gasteiger partial charge in [0, 0.05) is 19.6 Å². The number of aliphatic carboxylic acids is 2. The van der Waals surface area contributed by atoms with E-state index in [1.165, 1.54) is 0 Å². The average molecular weight is 295 g/mol. The van der Waals surface area contributed by atoms with Crippen molar-refractivity contribution in [3.63, 3.8) is 0 Å². The van der Waals surface area contributed by atoms with E-state index in [-0.39, 0.29) is 26.0 Å². The summed E-state index contributed by atoms with van der Waals surface area (Å²) in [6.07, 6.45) is 0.493. The summed E-state index contributed by atoms with van der Waals surface area (Å²) in [6.45, 7) is 2.25. The van der Waals surface area contributed by atoms with Crippen molar-refractivity contribution in [2.24, 2.45) is 0 Å². The van der Waals surface area contributed by atoms with Crippen molar-refractivity contribution in [1.29, 1.82) is 0 Å². The van der Waals surface area contributed by atoms with Gasteiger partial charge in [-0.15, -0.1) is 0 Å². The maximum Gasteiger partial charge on any atom is 2.00 e. The molecule has 1 amide bonds. The molecular weight excluding hydrogens is 281 g/mol. The zero-order chi connectivity index (χ0) is 12.6. The smallest absolute Gasteiger partial charge is 0.549 e. The second-order valence-electron chi connectivity index (χ2n) is 3.09. The maximum atomic E-state index is 11.2. The predicted molar refractivity (Wildman–Crippen MR) is 49.4 cm³/mol. The van der Waals surface area contributed by atoms with Gasteiger partial charge in [0.15, 0.2) is 0 Å². The topological polar surface area (TPSA) is 113 Å². The first-order valence-electron chi connectivity index (χ1n) is 4.63. The largest absolute Gasteiger partial charge is 2.00 e. The number of nitrogens with zero attached hydrogens (tertiary/aromatic N) is 1. The number of carboxylic acid groups (broad SMARTS) is 2. The molecule has 0 saturated heterocycles. The van der Waals surface area contributed by atoms with Crippen molar-refractivity contribution in [2.75, 3.05) is 26.2 Å². The van der Waals surface area contributed by atoms with Crippen LogP contribution in [0.25, 0.3) is 0 Å². The first-order chi connectivity index (χ1) is 7.45.